The van der Waals surface area contributed by atoms with Crippen molar-refractivity contribution in [1.82, 2.24) is 9.62 Å². The smallest absolute Gasteiger partial charge is 0.262 e. The fourth-order valence-corrected chi connectivity index (χ4v) is 5.98. The van der Waals surface area contributed by atoms with Gasteiger partial charge in [-0.1, -0.05) is 25.7 Å². The lowest BCUT2D eigenvalue weighted by atomic mass is 10.1. The second kappa shape index (κ2) is 7.95. The van der Waals surface area contributed by atoms with E-state index in [2.05, 4.69) is 5.32 Å². The van der Waals surface area contributed by atoms with Crippen LogP contribution in [-0.4, -0.2) is 51.0 Å². The zero-order valence-corrected chi connectivity index (χ0v) is 15.3. The van der Waals surface area contributed by atoms with Crippen molar-refractivity contribution in [3.63, 3.8) is 0 Å². The van der Waals surface area contributed by atoms with E-state index < -0.39 is 10.0 Å². The summed E-state index contributed by atoms with van der Waals surface area (Å²) in [6, 6.07) is 1.69. The lowest BCUT2D eigenvalue weighted by molar-refractivity contribution is 0.0730. The Bertz CT molecular complexity index is 657. The second-order valence-corrected chi connectivity index (χ2v) is 9.11. The Morgan fingerprint density at radius 3 is 2.50 bits per heavy atom. The number of hydrogen-bond acceptors (Lipinski definition) is 5. The molecule has 1 N–H and O–H groups in total. The maximum Gasteiger partial charge on any atom is 0.262 e. The first kappa shape index (κ1) is 17.8. The van der Waals surface area contributed by atoms with E-state index in [0.717, 1.165) is 25.7 Å². The third-order valence-electron chi connectivity index (χ3n) is 4.61. The number of nitrogens with one attached hydrogen (secondary N) is 1. The molecule has 1 aliphatic carbocycles. The van der Waals surface area contributed by atoms with Crippen LogP contribution in [0.5, 0.6) is 0 Å². The van der Waals surface area contributed by atoms with Crippen molar-refractivity contribution in [3.8, 4) is 0 Å². The van der Waals surface area contributed by atoms with Gasteiger partial charge in [-0.2, -0.15) is 4.31 Å². The molecule has 2 fully saturated rings. The molecule has 2 aliphatic rings. The summed E-state index contributed by atoms with van der Waals surface area (Å²) < 4.78 is 32.3. The number of nitrogens with zero attached hydrogens (tertiary/aromatic N) is 1. The van der Waals surface area contributed by atoms with E-state index in [0.29, 0.717) is 31.2 Å². The Hall–Kier alpha value is -0.960. The van der Waals surface area contributed by atoms with Gasteiger partial charge in [0.25, 0.3) is 5.91 Å². The quantitative estimate of drug-likeness (QED) is 0.823. The predicted octanol–water partition coefficient (Wildman–Crippen LogP) is 2.22. The second-order valence-electron chi connectivity index (χ2n) is 6.29. The zero-order chi connectivity index (χ0) is 17.0. The minimum Gasteiger partial charge on any atom is -0.379 e. The number of carbonyl (C=O) groups excluding carboxylic acids is 1. The highest BCUT2D eigenvalue weighted by Gasteiger charge is 2.31. The van der Waals surface area contributed by atoms with E-state index in [1.54, 1.807) is 5.38 Å². The van der Waals surface area contributed by atoms with Gasteiger partial charge in [0.2, 0.25) is 10.0 Å². The molecule has 3 rings (SSSR count). The number of amides is 1. The van der Waals surface area contributed by atoms with Crippen molar-refractivity contribution in [2.45, 2.75) is 49.5 Å². The molecule has 24 heavy (non-hydrogen) atoms. The van der Waals surface area contributed by atoms with Crippen molar-refractivity contribution in [2.24, 2.45) is 0 Å². The summed E-state index contributed by atoms with van der Waals surface area (Å²) in [4.78, 5) is 13.1. The molecule has 1 saturated heterocycles. The van der Waals surface area contributed by atoms with Crippen LogP contribution >= 0.6 is 11.3 Å². The normalized spacial score (nSPS) is 21.3. The van der Waals surface area contributed by atoms with Gasteiger partial charge in [0.05, 0.1) is 13.2 Å². The summed E-state index contributed by atoms with van der Waals surface area (Å²) in [5, 5.41) is 4.72. The van der Waals surface area contributed by atoms with Crippen molar-refractivity contribution in [1.29, 1.82) is 0 Å². The van der Waals surface area contributed by atoms with E-state index in [-0.39, 0.29) is 16.8 Å². The van der Waals surface area contributed by atoms with Gasteiger partial charge in [-0.3, -0.25) is 4.79 Å². The molecule has 0 radical (unpaired) electrons. The van der Waals surface area contributed by atoms with Crippen LogP contribution in [0.15, 0.2) is 16.3 Å². The molecule has 8 heteroatoms. The monoisotopic (exact) mass is 372 g/mol. The fraction of sp³-hybridized carbons (Fsp3) is 0.688. The van der Waals surface area contributed by atoms with E-state index in [9.17, 15) is 13.2 Å². The van der Waals surface area contributed by atoms with Crippen LogP contribution in [0.25, 0.3) is 0 Å². The highest BCUT2D eigenvalue weighted by molar-refractivity contribution is 7.89. The van der Waals surface area contributed by atoms with Crippen molar-refractivity contribution < 1.29 is 17.9 Å². The van der Waals surface area contributed by atoms with Crippen molar-refractivity contribution in [2.75, 3.05) is 26.3 Å². The van der Waals surface area contributed by atoms with E-state index >= 15 is 0 Å². The van der Waals surface area contributed by atoms with E-state index in [4.69, 9.17) is 4.74 Å². The highest BCUT2D eigenvalue weighted by Crippen LogP contribution is 2.26. The molecule has 1 aliphatic heterocycles. The first-order valence-corrected chi connectivity index (χ1v) is 10.9. The summed E-state index contributed by atoms with van der Waals surface area (Å²) in [7, 11) is -3.64. The number of rotatable bonds is 4. The summed E-state index contributed by atoms with van der Waals surface area (Å²) in [6.07, 6.45) is 6.61. The first-order valence-electron chi connectivity index (χ1n) is 8.55. The Labute approximate surface area is 147 Å². The Balaban J connectivity index is 1.75. The first-order chi connectivity index (χ1) is 11.6. The molecule has 6 nitrogen and oxygen atoms in total. The summed E-state index contributed by atoms with van der Waals surface area (Å²) in [5.74, 6) is -0.260. The molecule has 0 unspecified atom stereocenters. The van der Waals surface area contributed by atoms with Crippen LogP contribution in [-0.2, 0) is 14.8 Å². The van der Waals surface area contributed by atoms with Gasteiger partial charge in [-0.15, -0.1) is 11.3 Å². The lowest BCUT2D eigenvalue weighted by Crippen LogP contribution is -2.41. The van der Waals surface area contributed by atoms with Gasteiger partial charge in [0.1, 0.15) is 9.77 Å². The van der Waals surface area contributed by atoms with E-state index in [1.807, 2.05) is 0 Å². The molecule has 2 heterocycles. The van der Waals surface area contributed by atoms with Crippen LogP contribution in [0.1, 0.15) is 48.2 Å². The summed E-state index contributed by atoms with van der Waals surface area (Å²) in [6.45, 7) is 1.46. The minimum absolute atomic E-state index is 0.125. The van der Waals surface area contributed by atoms with Crippen LogP contribution in [0, 0.1) is 0 Å². The standard InChI is InChI=1S/C16H24N2O4S2/c19-16(17-13-5-3-1-2-4-6-13)15-14(7-12-23-15)24(20,21)18-8-10-22-11-9-18/h7,12-13H,1-6,8-11H2,(H,17,19). The number of morpholine rings is 1. The SMILES string of the molecule is O=C(NC1CCCCCC1)c1sccc1S(=O)(=O)N1CCOCC1. The number of carbonyl (C=O) groups is 1. The molecule has 0 aromatic carbocycles. The zero-order valence-electron chi connectivity index (χ0n) is 13.7. The van der Waals surface area contributed by atoms with Crippen LogP contribution in [0.3, 0.4) is 0 Å². The van der Waals surface area contributed by atoms with Crippen molar-refractivity contribution in [3.05, 3.63) is 16.3 Å². The van der Waals surface area contributed by atoms with Gasteiger partial charge in [-0.25, -0.2) is 8.42 Å². The molecule has 134 valence electrons. The molecule has 1 aromatic rings. The molecule has 0 spiro atoms. The third kappa shape index (κ3) is 3.99. The third-order valence-corrected chi connectivity index (χ3v) is 7.60. The highest BCUT2D eigenvalue weighted by atomic mass is 32.2. The van der Waals surface area contributed by atoms with Crippen molar-refractivity contribution >= 4 is 27.3 Å². The molecular formula is C16H24N2O4S2. The van der Waals surface area contributed by atoms with Crippen LogP contribution < -0.4 is 5.32 Å². The molecular weight excluding hydrogens is 348 g/mol. The minimum atomic E-state index is -3.64. The number of hydrogen-bond donors (Lipinski definition) is 1. The number of thiophene rings is 1. The lowest BCUT2D eigenvalue weighted by Gasteiger charge is -2.26. The predicted molar refractivity (Wildman–Crippen MR) is 92.9 cm³/mol. The molecule has 1 aromatic heterocycles. The average molecular weight is 373 g/mol. The number of sulfonamides is 1. The number of ether oxygens (including phenoxy) is 1. The van der Waals surface area contributed by atoms with Crippen LogP contribution in [0.4, 0.5) is 0 Å². The van der Waals surface area contributed by atoms with E-state index in [1.165, 1.54) is 34.6 Å². The van der Waals surface area contributed by atoms with Gasteiger partial charge in [-0.05, 0) is 24.3 Å². The van der Waals surface area contributed by atoms with Crippen LogP contribution in [0.2, 0.25) is 0 Å². The maximum absolute atomic E-state index is 12.8. The molecule has 1 amide bonds. The Morgan fingerprint density at radius 2 is 1.83 bits per heavy atom. The average Bonchev–Trinajstić information content (AvgIpc) is 2.96. The Kier molecular flexibility index (Phi) is 5.91. The maximum atomic E-state index is 12.8. The van der Waals surface area contributed by atoms with Gasteiger partial charge in [0, 0.05) is 19.1 Å². The molecule has 1 saturated carbocycles. The van der Waals surface area contributed by atoms with Gasteiger partial charge < -0.3 is 10.1 Å². The summed E-state index contributed by atoms with van der Waals surface area (Å²) >= 11 is 1.19. The molecule has 0 bridgehead atoms. The van der Waals surface area contributed by atoms with Gasteiger partial charge in [0.15, 0.2) is 0 Å². The van der Waals surface area contributed by atoms with Gasteiger partial charge >= 0.3 is 0 Å². The topological polar surface area (TPSA) is 75.7 Å². The largest absolute Gasteiger partial charge is 0.379 e. The Morgan fingerprint density at radius 1 is 1.17 bits per heavy atom. The summed E-state index contributed by atoms with van der Waals surface area (Å²) in [5.41, 5.74) is 0. The molecule has 0 atom stereocenters. The fourth-order valence-electron chi connectivity index (χ4n) is 3.27.